The molecule has 40 heavy (non-hydrogen) atoms. The lowest BCUT2D eigenvalue weighted by atomic mass is 9.83. The lowest BCUT2D eigenvalue weighted by molar-refractivity contribution is -0.305. The molecule has 0 bridgehead atoms. The second kappa shape index (κ2) is 14.0. The first-order valence-corrected chi connectivity index (χ1v) is 14.1. The topological polar surface area (TPSA) is 238 Å². The van der Waals surface area contributed by atoms with E-state index in [1.165, 1.54) is 0 Å². The molecule has 15 nitrogen and oxygen atoms in total. The van der Waals surface area contributed by atoms with Gasteiger partial charge in [0.2, 0.25) is 6.29 Å². The van der Waals surface area contributed by atoms with Gasteiger partial charge in [-0.1, -0.05) is 0 Å². The SMILES string of the molecule is CN[C@@H]1[C@@H](O)[C@@H](O[C@H]2[C@H](NC(CO)CO)C[C@H](N)C(O[C@H]3OC(CN)=CC[C@H]3NC3CNC3)[C@@H]2O)OC[C@]1(C)O. The van der Waals surface area contributed by atoms with Crippen molar-refractivity contribution in [3.63, 3.8) is 0 Å². The zero-order valence-corrected chi connectivity index (χ0v) is 23.2. The second-order valence-electron chi connectivity index (χ2n) is 11.4. The number of rotatable bonds is 12. The highest BCUT2D eigenvalue weighted by Crippen LogP contribution is 2.32. The van der Waals surface area contributed by atoms with Gasteiger partial charge in [0.1, 0.15) is 35.8 Å². The van der Waals surface area contributed by atoms with Crippen LogP contribution in [0.2, 0.25) is 0 Å². The molecule has 0 aromatic rings. The average Bonchev–Trinajstić information content (AvgIpc) is 2.90. The van der Waals surface area contributed by atoms with Crippen LogP contribution in [0.15, 0.2) is 11.8 Å². The summed E-state index contributed by atoms with van der Waals surface area (Å²) in [6, 6.07) is -2.71. The van der Waals surface area contributed by atoms with Crippen LogP contribution in [0.25, 0.3) is 0 Å². The molecule has 0 spiro atoms. The minimum atomic E-state index is -1.35. The van der Waals surface area contributed by atoms with Crippen LogP contribution in [0, 0.1) is 0 Å². The fraction of sp³-hybridized carbons (Fsp3) is 0.920. The van der Waals surface area contributed by atoms with Crippen LogP contribution in [0.5, 0.6) is 0 Å². The zero-order chi connectivity index (χ0) is 29.0. The van der Waals surface area contributed by atoms with Gasteiger partial charge in [-0.05, 0) is 32.9 Å². The van der Waals surface area contributed by atoms with Crippen molar-refractivity contribution in [1.29, 1.82) is 0 Å². The summed E-state index contributed by atoms with van der Waals surface area (Å²) in [6.45, 7) is 2.56. The summed E-state index contributed by atoms with van der Waals surface area (Å²) in [5.41, 5.74) is 11.0. The summed E-state index contributed by atoms with van der Waals surface area (Å²) in [5.74, 6) is 0.582. The van der Waals surface area contributed by atoms with Crippen LogP contribution in [-0.4, -0.2) is 151 Å². The van der Waals surface area contributed by atoms with E-state index in [9.17, 15) is 25.5 Å². The molecule has 0 radical (unpaired) electrons. The highest BCUT2D eigenvalue weighted by Gasteiger charge is 2.51. The van der Waals surface area contributed by atoms with Gasteiger partial charge in [-0.2, -0.15) is 0 Å². The Morgan fingerprint density at radius 1 is 1.12 bits per heavy atom. The van der Waals surface area contributed by atoms with Crippen molar-refractivity contribution in [2.24, 2.45) is 11.5 Å². The number of hydrogen-bond donors (Lipinski definition) is 11. The highest BCUT2D eigenvalue weighted by atomic mass is 16.7. The van der Waals surface area contributed by atoms with Crippen molar-refractivity contribution in [1.82, 2.24) is 21.3 Å². The summed E-state index contributed by atoms with van der Waals surface area (Å²) >= 11 is 0. The van der Waals surface area contributed by atoms with Crippen LogP contribution in [0.1, 0.15) is 19.8 Å². The highest BCUT2D eigenvalue weighted by molar-refractivity contribution is 5.06. The van der Waals surface area contributed by atoms with Crippen molar-refractivity contribution < 1.29 is 44.5 Å². The minimum Gasteiger partial charge on any atom is -0.467 e. The van der Waals surface area contributed by atoms with E-state index in [1.54, 1.807) is 14.0 Å². The number of likely N-dealkylation sites (N-methyl/N-ethyl adjacent to an activating group) is 1. The van der Waals surface area contributed by atoms with E-state index in [2.05, 4.69) is 21.3 Å². The van der Waals surface area contributed by atoms with Gasteiger partial charge in [-0.3, -0.25) is 0 Å². The average molecular weight is 577 g/mol. The molecule has 13 N–H and O–H groups in total. The summed E-state index contributed by atoms with van der Waals surface area (Å²) in [4.78, 5) is 0. The van der Waals surface area contributed by atoms with Gasteiger partial charge >= 0.3 is 0 Å². The van der Waals surface area contributed by atoms with E-state index < -0.39 is 66.8 Å². The second-order valence-corrected chi connectivity index (χ2v) is 11.4. The molecule has 232 valence electrons. The Hall–Kier alpha value is -1.02. The molecule has 4 rings (SSSR count). The van der Waals surface area contributed by atoms with E-state index in [4.69, 9.17) is 30.4 Å². The van der Waals surface area contributed by atoms with Crippen molar-refractivity contribution in [3.8, 4) is 0 Å². The molecule has 1 unspecified atom stereocenters. The Morgan fingerprint density at radius 3 is 2.42 bits per heavy atom. The van der Waals surface area contributed by atoms with Crippen LogP contribution in [-0.2, 0) is 18.9 Å². The zero-order valence-electron chi connectivity index (χ0n) is 23.2. The number of aliphatic hydroxyl groups excluding tert-OH is 4. The van der Waals surface area contributed by atoms with Gasteiger partial charge in [0, 0.05) is 31.2 Å². The number of nitrogens with one attached hydrogen (secondary N) is 4. The van der Waals surface area contributed by atoms with Gasteiger partial charge in [0.25, 0.3) is 0 Å². The third kappa shape index (κ3) is 7.12. The maximum Gasteiger partial charge on any atom is 0.215 e. The summed E-state index contributed by atoms with van der Waals surface area (Å²) in [6.07, 6.45) is -3.72. The Bertz CT molecular complexity index is 833. The third-order valence-electron chi connectivity index (χ3n) is 8.26. The largest absolute Gasteiger partial charge is 0.467 e. The van der Waals surface area contributed by atoms with Crippen molar-refractivity contribution >= 4 is 0 Å². The molecule has 15 heteroatoms. The molecule has 3 heterocycles. The van der Waals surface area contributed by atoms with Crippen LogP contribution in [0.4, 0.5) is 0 Å². The fourth-order valence-corrected chi connectivity index (χ4v) is 5.86. The van der Waals surface area contributed by atoms with Crippen LogP contribution in [0.3, 0.4) is 0 Å². The number of hydrogen-bond acceptors (Lipinski definition) is 15. The molecular weight excluding hydrogens is 528 g/mol. The fourth-order valence-electron chi connectivity index (χ4n) is 5.86. The van der Waals surface area contributed by atoms with E-state index >= 15 is 0 Å². The van der Waals surface area contributed by atoms with Gasteiger partial charge in [0.15, 0.2) is 6.29 Å². The van der Waals surface area contributed by atoms with Gasteiger partial charge in [-0.15, -0.1) is 0 Å². The van der Waals surface area contributed by atoms with Crippen LogP contribution >= 0.6 is 0 Å². The van der Waals surface area contributed by atoms with E-state index in [-0.39, 0.29) is 44.9 Å². The lowest BCUT2D eigenvalue weighted by Gasteiger charge is -2.49. The standard InChI is InChI=1S/C25H48N6O9/c1-25(36)11-37-24(19(35)22(25)28-2)40-21-17(31-13(9-32)10-33)5-15(27)20(18(21)34)39-23-16(30-12-7-29-8-12)4-3-14(6-26)38-23/h3,12-13,15-24,28-36H,4-11,26-27H2,1-2H3/t15-,16+,17+,18-,19+,20?,21-,22+,23+,24+,25-/m0/s1. The van der Waals surface area contributed by atoms with Gasteiger partial charge < -0.3 is 77.2 Å². The molecule has 2 saturated heterocycles. The summed E-state index contributed by atoms with van der Waals surface area (Å²) < 4.78 is 24.3. The number of nitrogens with two attached hydrogens (primary N) is 2. The number of ether oxygens (including phenoxy) is 4. The van der Waals surface area contributed by atoms with Crippen molar-refractivity contribution in [3.05, 3.63) is 11.8 Å². The predicted molar refractivity (Wildman–Crippen MR) is 143 cm³/mol. The normalized spacial score (nSPS) is 42.8. The molecule has 0 aromatic heterocycles. The Morgan fingerprint density at radius 2 is 1.82 bits per heavy atom. The van der Waals surface area contributed by atoms with E-state index in [0.29, 0.717) is 12.2 Å². The predicted octanol–water partition coefficient (Wildman–Crippen LogP) is -5.26. The number of aliphatic hydroxyl groups is 5. The first kappa shape index (κ1) is 31.9. The molecule has 0 amide bonds. The Balaban J connectivity index is 1.53. The van der Waals surface area contributed by atoms with Crippen LogP contribution < -0.4 is 32.7 Å². The van der Waals surface area contributed by atoms with Gasteiger partial charge in [0.05, 0.1) is 44.5 Å². The maximum absolute atomic E-state index is 11.6. The third-order valence-corrected chi connectivity index (χ3v) is 8.26. The Kier molecular flexibility index (Phi) is 11.1. The molecule has 11 atom stereocenters. The molecule has 1 saturated carbocycles. The van der Waals surface area contributed by atoms with Gasteiger partial charge in [-0.25, -0.2) is 0 Å². The monoisotopic (exact) mass is 576 g/mol. The molecule has 1 aliphatic carbocycles. The molecule has 4 aliphatic rings. The molecule has 3 aliphatic heterocycles. The first-order valence-electron chi connectivity index (χ1n) is 14.1. The maximum atomic E-state index is 11.6. The molecule has 3 fully saturated rings. The molecular formula is C25H48N6O9. The Labute approximate surface area is 234 Å². The van der Waals surface area contributed by atoms with E-state index in [1.807, 2.05) is 6.08 Å². The quantitative estimate of drug-likeness (QED) is 0.104. The lowest BCUT2D eigenvalue weighted by Crippen LogP contribution is -2.70. The summed E-state index contributed by atoms with van der Waals surface area (Å²) in [7, 11) is 1.61. The van der Waals surface area contributed by atoms with E-state index in [0.717, 1.165) is 13.1 Å². The smallest absolute Gasteiger partial charge is 0.215 e. The minimum absolute atomic E-state index is 0.121. The molecule has 0 aromatic carbocycles. The first-order chi connectivity index (χ1) is 19.1. The van der Waals surface area contributed by atoms with Crippen molar-refractivity contribution in [2.45, 2.75) is 98.6 Å². The van der Waals surface area contributed by atoms with Crippen molar-refractivity contribution in [2.75, 3.05) is 46.5 Å². The summed E-state index contributed by atoms with van der Waals surface area (Å²) in [5, 5.41) is 65.3.